The van der Waals surface area contributed by atoms with Crippen LogP contribution < -0.4 is 21.8 Å². The van der Waals surface area contributed by atoms with Gasteiger partial charge in [0.05, 0.1) is 16.8 Å². The number of halogens is 2. The monoisotopic (exact) mass is 720 g/mol. The number of benzene rings is 4. The molecule has 6 aromatic rings. The fourth-order valence-corrected chi connectivity index (χ4v) is 5.68. The Balaban J connectivity index is 0.000000198. The minimum Gasteiger partial charge on any atom is -0.350 e. The molecule has 4 aromatic carbocycles. The van der Waals surface area contributed by atoms with Crippen LogP contribution in [0.4, 0.5) is 22.7 Å². The Morgan fingerprint density at radius 1 is 0.706 bits per heavy atom. The van der Waals surface area contributed by atoms with Crippen molar-refractivity contribution < 1.29 is 9.59 Å². The third-order valence-corrected chi connectivity index (χ3v) is 8.21. The lowest BCUT2D eigenvalue weighted by molar-refractivity contribution is 0.103. The van der Waals surface area contributed by atoms with Gasteiger partial charge in [0, 0.05) is 45.6 Å². The van der Waals surface area contributed by atoms with E-state index < -0.39 is 0 Å². The molecule has 2 N–H and O–H groups in total. The van der Waals surface area contributed by atoms with E-state index in [1.807, 2.05) is 50.2 Å². The molecule has 0 bridgehead atoms. The minimum absolute atomic E-state index is 0.188. The van der Waals surface area contributed by atoms with Crippen LogP contribution >= 0.6 is 23.2 Å². The number of aldehydes is 1. The molecule has 258 valence electrons. The van der Waals surface area contributed by atoms with Gasteiger partial charge in [0.1, 0.15) is 17.1 Å². The van der Waals surface area contributed by atoms with E-state index in [0.29, 0.717) is 57.7 Å². The number of rotatable bonds is 10. The molecule has 0 amide bonds. The minimum atomic E-state index is -0.357. The van der Waals surface area contributed by atoms with Gasteiger partial charge in [-0.1, -0.05) is 96.0 Å². The second-order valence-corrected chi connectivity index (χ2v) is 12.0. The summed E-state index contributed by atoms with van der Waals surface area (Å²) in [6.45, 7) is 6.18. The van der Waals surface area contributed by atoms with Gasteiger partial charge in [-0.15, -0.1) is 0 Å². The number of aromatic nitrogens is 4. The number of nitrogens with zero attached hydrogens (tertiary/aromatic N) is 4. The molecule has 2 heterocycles. The first kappa shape index (κ1) is 36.4. The summed E-state index contributed by atoms with van der Waals surface area (Å²) in [7, 11) is 0. The quantitative estimate of drug-likeness (QED) is 0.107. The zero-order valence-corrected chi connectivity index (χ0v) is 29.6. The first-order valence-electron chi connectivity index (χ1n) is 16.1. The number of ketones is 1. The van der Waals surface area contributed by atoms with E-state index in [9.17, 15) is 19.2 Å². The van der Waals surface area contributed by atoms with E-state index in [0.717, 1.165) is 5.56 Å². The highest BCUT2D eigenvalue weighted by Crippen LogP contribution is 2.27. The molecule has 0 unspecified atom stereocenters. The van der Waals surface area contributed by atoms with Gasteiger partial charge in [-0.25, -0.2) is 9.36 Å². The standard InChI is InChI=1S/C20H18ClN3O2.C19H16ClN3O2/c1-3-24-20(26)18(22-16-11-7-10-15(21)12-16)17(13(2)23-24)19(25)14-8-5-4-6-9-14;1-2-23-19(25)18(21-15-10-6-9-14(20)11-15)16(12-24)17(22-23)13-7-4-3-5-8-13/h4-12,22H,3H2,1-2H3;3-12,21H,2H2,1H3. The molecule has 12 heteroatoms. The Morgan fingerprint density at radius 3 is 1.75 bits per heavy atom. The third-order valence-electron chi connectivity index (χ3n) is 7.74. The topological polar surface area (TPSA) is 128 Å². The SMILES string of the molecule is CCn1nc(-c2ccccc2)c(C=O)c(Nc2cccc(Cl)c2)c1=O.CCn1nc(C)c(C(=O)c2ccccc2)c(Nc2cccc(Cl)c2)c1=O. The van der Waals surface area contributed by atoms with Crippen molar-refractivity contribution in [3.8, 4) is 11.3 Å². The predicted molar refractivity (Wildman–Crippen MR) is 203 cm³/mol. The number of nitrogens with one attached hydrogen (secondary N) is 2. The lowest BCUT2D eigenvalue weighted by Gasteiger charge is -2.15. The maximum absolute atomic E-state index is 13.0. The van der Waals surface area contributed by atoms with Crippen molar-refractivity contribution in [2.24, 2.45) is 0 Å². The van der Waals surface area contributed by atoms with Crippen LogP contribution in [0.3, 0.4) is 0 Å². The van der Waals surface area contributed by atoms with E-state index in [1.165, 1.54) is 9.36 Å². The normalized spacial score (nSPS) is 10.5. The molecule has 0 saturated heterocycles. The van der Waals surface area contributed by atoms with E-state index in [-0.39, 0.29) is 39.4 Å². The molecular formula is C39H34Cl2N6O4. The number of carbonyl (C=O) groups excluding carboxylic acids is 2. The predicted octanol–water partition coefficient (Wildman–Crippen LogP) is 8.34. The molecule has 0 spiro atoms. The maximum atomic E-state index is 13.0. The van der Waals surface area contributed by atoms with Gasteiger partial charge in [0.15, 0.2) is 12.1 Å². The molecule has 0 aliphatic rings. The van der Waals surface area contributed by atoms with Crippen molar-refractivity contribution in [2.45, 2.75) is 33.9 Å². The zero-order valence-electron chi connectivity index (χ0n) is 28.1. The Morgan fingerprint density at radius 2 is 1.22 bits per heavy atom. The molecule has 0 aliphatic carbocycles. The Labute approximate surface area is 304 Å². The number of aryl methyl sites for hydroxylation is 3. The van der Waals surface area contributed by atoms with Gasteiger partial charge in [-0.05, 0) is 57.2 Å². The summed E-state index contributed by atoms with van der Waals surface area (Å²) in [6, 6.07) is 32.1. The lowest BCUT2D eigenvalue weighted by Crippen LogP contribution is -2.28. The fourth-order valence-electron chi connectivity index (χ4n) is 5.30. The number of anilines is 4. The first-order valence-corrected chi connectivity index (χ1v) is 16.8. The fraction of sp³-hybridized carbons (Fsp3) is 0.128. The molecule has 0 aliphatic heterocycles. The Hall–Kier alpha value is -5.84. The second-order valence-electron chi connectivity index (χ2n) is 11.2. The maximum Gasteiger partial charge on any atom is 0.291 e. The molecular weight excluding hydrogens is 687 g/mol. The van der Waals surface area contributed by atoms with Crippen LogP contribution in [0.15, 0.2) is 119 Å². The van der Waals surface area contributed by atoms with Gasteiger partial charge in [0.2, 0.25) is 0 Å². The van der Waals surface area contributed by atoms with E-state index in [1.54, 1.807) is 79.7 Å². The molecule has 6 rings (SSSR count). The van der Waals surface area contributed by atoms with Crippen LogP contribution in [0, 0.1) is 6.92 Å². The second kappa shape index (κ2) is 16.7. The van der Waals surface area contributed by atoms with Gasteiger partial charge < -0.3 is 10.6 Å². The largest absolute Gasteiger partial charge is 0.350 e. The summed E-state index contributed by atoms with van der Waals surface area (Å²) in [5, 5.41) is 15.8. The highest BCUT2D eigenvalue weighted by atomic mass is 35.5. The summed E-state index contributed by atoms with van der Waals surface area (Å²) in [5.74, 6) is -0.250. The smallest absolute Gasteiger partial charge is 0.291 e. The number of hydrogen-bond donors (Lipinski definition) is 2. The van der Waals surface area contributed by atoms with Crippen LogP contribution in [0.5, 0.6) is 0 Å². The van der Waals surface area contributed by atoms with Crippen LogP contribution in [0.1, 0.15) is 45.8 Å². The Bertz CT molecular complexity index is 2310. The molecule has 0 fully saturated rings. The number of carbonyl (C=O) groups is 2. The highest BCUT2D eigenvalue weighted by Gasteiger charge is 2.22. The van der Waals surface area contributed by atoms with Crippen molar-refractivity contribution in [1.29, 1.82) is 0 Å². The lowest BCUT2D eigenvalue weighted by atomic mass is 10.0. The third kappa shape index (κ3) is 8.49. The van der Waals surface area contributed by atoms with Gasteiger partial charge in [-0.3, -0.25) is 19.2 Å². The van der Waals surface area contributed by atoms with Crippen LogP contribution in [0.25, 0.3) is 11.3 Å². The van der Waals surface area contributed by atoms with Crippen molar-refractivity contribution in [3.05, 3.63) is 162 Å². The number of hydrogen-bond acceptors (Lipinski definition) is 8. The van der Waals surface area contributed by atoms with Gasteiger partial charge in [0.25, 0.3) is 11.1 Å². The summed E-state index contributed by atoms with van der Waals surface area (Å²) in [4.78, 5) is 50.4. The average Bonchev–Trinajstić information content (AvgIpc) is 3.14. The Kier molecular flexibility index (Phi) is 11.9. The molecule has 51 heavy (non-hydrogen) atoms. The van der Waals surface area contributed by atoms with Crippen LogP contribution in [0.2, 0.25) is 10.0 Å². The van der Waals surface area contributed by atoms with E-state index in [2.05, 4.69) is 20.8 Å². The summed E-state index contributed by atoms with van der Waals surface area (Å²) in [6.07, 6.45) is 0.656. The van der Waals surface area contributed by atoms with Gasteiger partial charge >= 0.3 is 0 Å². The molecule has 10 nitrogen and oxygen atoms in total. The van der Waals surface area contributed by atoms with Crippen molar-refractivity contribution in [2.75, 3.05) is 10.6 Å². The first-order chi connectivity index (χ1) is 24.6. The zero-order chi connectivity index (χ0) is 36.5. The van der Waals surface area contributed by atoms with Crippen LogP contribution in [-0.2, 0) is 13.1 Å². The molecule has 0 saturated carbocycles. The van der Waals surface area contributed by atoms with Gasteiger partial charge in [-0.2, -0.15) is 10.2 Å². The van der Waals surface area contributed by atoms with Crippen molar-refractivity contribution in [3.63, 3.8) is 0 Å². The van der Waals surface area contributed by atoms with Crippen molar-refractivity contribution >= 4 is 58.0 Å². The van der Waals surface area contributed by atoms with E-state index in [4.69, 9.17) is 23.2 Å². The van der Waals surface area contributed by atoms with Crippen LogP contribution in [-0.4, -0.2) is 31.6 Å². The summed E-state index contributed by atoms with van der Waals surface area (Å²) < 4.78 is 2.67. The average molecular weight is 722 g/mol. The van der Waals surface area contributed by atoms with Crippen molar-refractivity contribution in [1.82, 2.24) is 19.6 Å². The summed E-state index contributed by atoms with van der Waals surface area (Å²) >= 11 is 12.0. The molecule has 0 radical (unpaired) electrons. The van der Waals surface area contributed by atoms with E-state index >= 15 is 0 Å². The summed E-state index contributed by atoms with van der Waals surface area (Å²) in [5.41, 5.74) is 3.65. The highest BCUT2D eigenvalue weighted by molar-refractivity contribution is 6.31. The molecule has 0 atom stereocenters. The molecule has 2 aromatic heterocycles.